The van der Waals surface area contributed by atoms with Gasteiger partial charge in [0.05, 0.1) is 47.1 Å². The molecule has 5 aromatic rings. The second kappa shape index (κ2) is 14.6. The van der Waals surface area contributed by atoms with E-state index in [9.17, 15) is 9.59 Å². The van der Waals surface area contributed by atoms with Crippen LogP contribution in [-0.2, 0) is 16.1 Å². The molecule has 8 nitrogen and oxygen atoms in total. The Labute approximate surface area is 294 Å². The number of benzene rings is 4. The van der Waals surface area contributed by atoms with Gasteiger partial charge in [0.15, 0.2) is 16.3 Å². The van der Waals surface area contributed by atoms with Crippen molar-refractivity contribution >= 4 is 56.6 Å². The quantitative estimate of drug-likeness (QED) is 0.144. The molecule has 1 aromatic heterocycles. The summed E-state index contributed by atoms with van der Waals surface area (Å²) in [6.07, 6.45) is 1.78. The number of aromatic nitrogens is 1. The largest absolute Gasteiger partial charge is 0.497 e. The van der Waals surface area contributed by atoms with Crippen LogP contribution in [0.2, 0.25) is 5.02 Å². The summed E-state index contributed by atoms with van der Waals surface area (Å²) in [5, 5.41) is 0.648. The number of halogens is 2. The van der Waals surface area contributed by atoms with Crippen LogP contribution in [0.25, 0.3) is 11.8 Å². The van der Waals surface area contributed by atoms with E-state index >= 15 is 0 Å². The Kier molecular flexibility index (Phi) is 10.1. The minimum absolute atomic E-state index is 0.162. The van der Waals surface area contributed by atoms with Crippen molar-refractivity contribution in [3.8, 4) is 17.2 Å². The average molecular weight is 746 g/mol. The van der Waals surface area contributed by atoms with Crippen LogP contribution in [0, 0.1) is 0 Å². The highest BCUT2D eigenvalue weighted by atomic mass is 79.9. The maximum Gasteiger partial charge on any atom is 0.338 e. The monoisotopic (exact) mass is 744 g/mol. The molecule has 0 spiro atoms. The predicted molar refractivity (Wildman–Crippen MR) is 191 cm³/mol. The fraction of sp³-hybridized carbons (Fsp3) is 0.162. The van der Waals surface area contributed by atoms with E-state index in [4.69, 9.17) is 35.5 Å². The molecular weight excluding hydrogens is 716 g/mol. The highest BCUT2D eigenvalue weighted by Crippen LogP contribution is 2.38. The van der Waals surface area contributed by atoms with Gasteiger partial charge < -0.3 is 18.9 Å². The lowest BCUT2D eigenvalue weighted by Gasteiger charge is -2.26. The summed E-state index contributed by atoms with van der Waals surface area (Å²) in [4.78, 5) is 33.4. The van der Waals surface area contributed by atoms with Crippen LogP contribution in [0.4, 0.5) is 0 Å². The van der Waals surface area contributed by atoms with Gasteiger partial charge in [-0.05, 0) is 82.0 Å². The van der Waals surface area contributed by atoms with E-state index in [1.54, 1.807) is 37.9 Å². The molecule has 0 unspecified atom stereocenters. The zero-order valence-corrected chi connectivity index (χ0v) is 29.4. The zero-order chi connectivity index (χ0) is 33.8. The molecule has 0 bridgehead atoms. The van der Waals surface area contributed by atoms with Gasteiger partial charge in [0.25, 0.3) is 5.56 Å². The number of methoxy groups -OCH3 is 2. The second-order valence-corrected chi connectivity index (χ2v) is 13.0. The third kappa shape index (κ3) is 6.82. The van der Waals surface area contributed by atoms with Crippen molar-refractivity contribution < 1.29 is 23.7 Å². The third-order valence-electron chi connectivity index (χ3n) is 7.63. The molecule has 0 saturated carbocycles. The Morgan fingerprint density at radius 3 is 2.48 bits per heavy atom. The fourth-order valence-electron chi connectivity index (χ4n) is 5.42. The number of thiazole rings is 1. The fourth-order valence-corrected chi connectivity index (χ4v) is 7.12. The lowest BCUT2D eigenvalue weighted by Crippen LogP contribution is -2.40. The first-order valence-electron chi connectivity index (χ1n) is 15.0. The number of fused-ring (bicyclic) bond motifs is 1. The molecule has 0 amide bonds. The van der Waals surface area contributed by atoms with Crippen molar-refractivity contribution in [3.63, 3.8) is 0 Å². The van der Waals surface area contributed by atoms with Crippen LogP contribution in [0.3, 0.4) is 0 Å². The van der Waals surface area contributed by atoms with Crippen LogP contribution >= 0.6 is 38.9 Å². The average Bonchev–Trinajstić information content (AvgIpc) is 3.41. The van der Waals surface area contributed by atoms with E-state index in [1.165, 1.54) is 11.3 Å². The van der Waals surface area contributed by atoms with Crippen molar-refractivity contribution in [3.05, 3.63) is 148 Å². The molecular formula is C37H30BrClN2O6S. The molecule has 0 aliphatic carbocycles. The van der Waals surface area contributed by atoms with Gasteiger partial charge in [-0.3, -0.25) is 9.36 Å². The molecule has 11 heteroatoms. The summed E-state index contributed by atoms with van der Waals surface area (Å²) in [7, 11) is 3.13. The van der Waals surface area contributed by atoms with E-state index in [0.29, 0.717) is 59.5 Å². The zero-order valence-electron chi connectivity index (χ0n) is 26.2. The van der Waals surface area contributed by atoms with Crippen molar-refractivity contribution in [1.29, 1.82) is 0 Å². The highest BCUT2D eigenvalue weighted by molar-refractivity contribution is 9.10. The number of carbonyl (C=O) groups excluding carboxylic acids is 1. The first-order valence-corrected chi connectivity index (χ1v) is 17.0. The van der Waals surface area contributed by atoms with E-state index in [-0.39, 0.29) is 17.7 Å². The smallest absolute Gasteiger partial charge is 0.338 e. The molecule has 4 aromatic carbocycles. The number of hydrogen-bond donors (Lipinski definition) is 0. The summed E-state index contributed by atoms with van der Waals surface area (Å²) in [6.45, 7) is 2.22. The minimum Gasteiger partial charge on any atom is -0.497 e. The maximum absolute atomic E-state index is 14.3. The number of carbonyl (C=O) groups is 1. The molecule has 1 aliphatic rings. The third-order valence-corrected chi connectivity index (χ3v) is 9.45. The summed E-state index contributed by atoms with van der Waals surface area (Å²) in [5.41, 5.74) is 3.46. The van der Waals surface area contributed by atoms with Gasteiger partial charge >= 0.3 is 5.97 Å². The Morgan fingerprint density at radius 2 is 1.77 bits per heavy atom. The van der Waals surface area contributed by atoms with E-state index < -0.39 is 12.0 Å². The molecule has 0 N–H and O–H groups in total. The normalized spacial score (nSPS) is 14.3. The standard InChI is InChI=1S/C37H30BrClN2O6S/c1-4-46-36(43)31-32(24-9-6-5-7-10-24)40-37-41(33(31)25-11-8-12-27(20-25)44-2)35(42)30(48-37)19-23-17-28(38)34(29(18-23)45-3)47-21-22-13-15-26(39)16-14-22/h5-20,33H,4,21H2,1-3H3/b30-19-/t33-/m1/s1. The van der Waals surface area contributed by atoms with Gasteiger partial charge in [0.2, 0.25) is 0 Å². The summed E-state index contributed by atoms with van der Waals surface area (Å²) in [5.74, 6) is 1.05. The minimum atomic E-state index is -0.822. The molecule has 1 atom stereocenters. The highest BCUT2D eigenvalue weighted by Gasteiger charge is 2.35. The predicted octanol–water partition coefficient (Wildman–Crippen LogP) is 6.95. The van der Waals surface area contributed by atoms with Crippen LogP contribution in [0.15, 0.2) is 111 Å². The van der Waals surface area contributed by atoms with Gasteiger partial charge in [-0.25, -0.2) is 9.79 Å². The molecule has 0 fully saturated rings. The molecule has 244 valence electrons. The Bertz CT molecular complexity index is 2200. The summed E-state index contributed by atoms with van der Waals surface area (Å²) < 4.78 is 25.5. The van der Waals surface area contributed by atoms with Crippen LogP contribution in [-0.4, -0.2) is 31.4 Å². The van der Waals surface area contributed by atoms with Crippen molar-refractivity contribution in [2.24, 2.45) is 4.99 Å². The number of esters is 1. The Hall–Kier alpha value is -4.64. The van der Waals surface area contributed by atoms with Gasteiger partial charge in [0.1, 0.15) is 12.4 Å². The van der Waals surface area contributed by atoms with E-state index in [0.717, 1.165) is 11.1 Å². The lowest BCUT2D eigenvalue weighted by atomic mass is 9.93. The molecule has 1 aliphatic heterocycles. The van der Waals surface area contributed by atoms with Gasteiger partial charge in [-0.15, -0.1) is 0 Å². The number of ether oxygens (including phenoxy) is 4. The van der Waals surface area contributed by atoms with Crippen LogP contribution in [0.1, 0.15) is 35.2 Å². The Balaban J connectivity index is 1.50. The number of nitrogens with zero attached hydrogens (tertiary/aromatic N) is 2. The van der Waals surface area contributed by atoms with Gasteiger partial charge in [0, 0.05) is 10.6 Å². The van der Waals surface area contributed by atoms with Crippen molar-refractivity contribution in [1.82, 2.24) is 4.57 Å². The number of hydrogen-bond acceptors (Lipinski definition) is 8. The molecule has 48 heavy (non-hydrogen) atoms. The van der Waals surface area contributed by atoms with Gasteiger partial charge in [-0.1, -0.05) is 77.5 Å². The van der Waals surface area contributed by atoms with Crippen LogP contribution in [0.5, 0.6) is 17.2 Å². The molecule has 0 saturated heterocycles. The number of rotatable bonds is 10. The summed E-state index contributed by atoms with van der Waals surface area (Å²) >= 11 is 10.9. The summed E-state index contributed by atoms with van der Waals surface area (Å²) in [6, 6.07) is 27.0. The molecule has 2 heterocycles. The topological polar surface area (TPSA) is 88.4 Å². The van der Waals surface area contributed by atoms with Crippen LogP contribution < -0.4 is 29.1 Å². The molecule has 6 rings (SSSR count). The van der Waals surface area contributed by atoms with Gasteiger partial charge in [-0.2, -0.15) is 0 Å². The first kappa shape index (κ1) is 33.3. The van der Waals surface area contributed by atoms with Crippen molar-refractivity contribution in [2.75, 3.05) is 20.8 Å². The van der Waals surface area contributed by atoms with E-state index in [2.05, 4.69) is 15.9 Å². The van der Waals surface area contributed by atoms with E-state index in [1.807, 2.05) is 84.9 Å². The molecule has 0 radical (unpaired) electrons. The SMILES string of the molecule is CCOC(=O)C1=C(c2ccccc2)N=c2s/c(=C\c3cc(Br)c(OCc4ccc(Cl)cc4)c(OC)c3)c(=O)n2[C@@H]1c1cccc(OC)c1. The van der Waals surface area contributed by atoms with Crippen molar-refractivity contribution in [2.45, 2.75) is 19.6 Å². The second-order valence-electron chi connectivity index (χ2n) is 10.7. The lowest BCUT2D eigenvalue weighted by molar-refractivity contribution is -0.138. The first-order chi connectivity index (χ1) is 23.3. The maximum atomic E-state index is 14.3. The Morgan fingerprint density at radius 1 is 1.00 bits per heavy atom.